The molecule has 0 amide bonds. The maximum Gasteiger partial charge on any atom is 0.217 e. The van der Waals surface area contributed by atoms with Crippen LogP contribution in [0.2, 0.25) is 0 Å². The zero-order valence-corrected chi connectivity index (χ0v) is 13.7. The largest absolute Gasteiger partial charge is 0.508 e. The number of hydrogen-bond acceptors (Lipinski definition) is 4. The minimum Gasteiger partial charge on any atom is -0.508 e. The summed E-state index contributed by atoms with van der Waals surface area (Å²) in [5.74, 6) is 0.925. The van der Waals surface area contributed by atoms with Crippen molar-refractivity contribution in [1.29, 1.82) is 0 Å². The fourth-order valence-corrected chi connectivity index (χ4v) is 2.63. The molecule has 21 heavy (non-hydrogen) atoms. The standard InChI is InChI=1S/C16H19BrN2O2/c1-3-14(13-9-12(17)6-7-15(13)20)19-10-11-5-4-8-18-16(11)21-2/h4-9,14,19-20H,3,10H2,1-2H3. The number of methoxy groups -OCH3 is 1. The van der Waals surface area contributed by atoms with Crippen molar-refractivity contribution < 1.29 is 9.84 Å². The van der Waals surface area contributed by atoms with E-state index >= 15 is 0 Å². The molecule has 0 saturated carbocycles. The molecule has 0 aliphatic carbocycles. The van der Waals surface area contributed by atoms with Gasteiger partial charge in [-0.25, -0.2) is 4.98 Å². The van der Waals surface area contributed by atoms with E-state index in [1.165, 1.54) is 0 Å². The van der Waals surface area contributed by atoms with Gasteiger partial charge in [0.25, 0.3) is 0 Å². The summed E-state index contributed by atoms with van der Waals surface area (Å²) in [6.45, 7) is 2.71. The molecule has 0 spiro atoms. The van der Waals surface area contributed by atoms with Crippen LogP contribution in [0.15, 0.2) is 41.0 Å². The van der Waals surface area contributed by atoms with E-state index < -0.39 is 0 Å². The number of nitrogens with one attached hydrogen (secondary N) is 1. The maximum absolute atomic E-state index is 10.0. The van der Waals surface area contributed by atoms with Crippen molar-refractivity contribution in [2.75, 3.05) is 7.11 Å². The molecule has 2 rings (SSSR count). The number of aromatic nitrogens is 1. The molecule has 2 N–H and O–H groups in total. The molecule has 0 fully saturated rings. The van der Waals surface area contributed by atoms with Crippen molar-refractivity contribution in [3.8, 4) is 11.6 Å². The van der Waals surface area contributed by atoms with Gasteiger partial charge in [-0.3, -0.25) is 0 Å². The first kappa shape index (κ1) is 15.8. The zero-order valence-electron chi connectivity index (χ0n) is 12.1. The van der Waals surface area contributed by atoms with Crippen LogP contribution in [0.25, 0.3) is 0 Å². The zero-order chi connectivity index (χ0) is 15.2. The molecule has 1 unspecified atom stereocenters. The molecule has 1 atom stereocenters. The van der Waals surface area contributed by atoms with Gasteiger partial charge in [-0.1, -0.05) is 28.9 Å². The summed E-state index contributed by atoms with van der Waals surface area (Å²) >= 11 is 3.44. The normalized spacial score (nSPS) is 12.1. The Morgan fingerprint density at radius 3 is 2.90 bits per heavy atom. The number of nitrogens with zero attached hydrogens (tertiary/aromatic N) is 1. The Kier molecular flexibility index (Phi) is 5.59. The maximum atomic E-state index is 10.0. The van der Waals surface area contributed by atoms with Crippen molar-refractivity contribution in [2.24, 2.45) is 0 Å². The number of benzene rings is 1. The van der Waals surface area contributed by atoms with Crippen LogP contribution in [-0.2, 0) is 6.54 Å². The van der Waals surface area contributed by atoms with Gasteiger partial charge < -0.3 is 15.2 Å². The van der Waals surface area contributed by atoms with Gasteiger partial charge in [-0.15, -0.1) is 0 Å². The number of phenols is 1. The van der Waals surface area contributed by atoms with Gasteiger partial charge in [-0.05, 0) is 30.7 Å². The highest BCUT2D eigenvalue weighted by Crippen LogP contribution is 2.29. The van der Waals surface area contributed by atoms with Crippen LogP contribution in [-0.4, -0.2) is 17.2 Å². The average molecular weight is 351 g/mol. The van der Waals surface area contributed by atoms with Gasteiger partial charge in [0.15, 0.2) is 0 Å². The summed E-state index contributed by atoms with van der Waals surface area (Å²) in [5.41, 5.74) is 1.88. The molecule has 0 saturated heterocycles. The van der Waals surface area contributed by atoms with Crippen LogP contribution in [0, 0.1) is 0 Å². The van der Waals surface area contributed by atoms with Crippen LogP contribution in [0.4, 0.5) is 0 Å². The third-order valence-electron chi connectivity index (χ3n) is 3.36. The molecule has 112 valence electrons. The van der Waals surface area contributed by atoms with E-state index in [0.29, 0.717) is 18.2 Å². The van der Waals surface area contributed by atoms with Crippen molar-refractivity contribution in [3.63, 3.8) is 0 Å². The molecular weight excluding hydrogens is 332 g/mol. The van der Waals surface area contributed by atoms with Crippen molar-refractivity contribution in [3.05, 3.63) is 52.1 Å². The molecule has 2 aromatic rings. The summed E-state index contributed by atoms with van der Waals surface area (Å²) in [7, 11) is 1.61. The molecule has 0 aliphatic rings. The monoisotopic (exact) mass is 350 g/mol. The lowest BCUT2D eigenvalue weighted by atomic mass is 10.0. The van der Waals surface area contributed by atoms with E-state index in [2.05, 4.69) is 33.2 Å². The predicted molar refractivity (Wildman–Crippen MR) is 86.5 cm³/mol. The lowest BCUT2D eigenvalue weighted by Crippen LogP contribution is -2.21. The smallest absolute Gasteiger partial charge is 0.217 e. The first-order valence-electron chi connectivity index (χ1n) is 6.85. The minimum absolute atomic E-state index is 0.0624. The molecular formula is C16H19BrN2O2. The lowest BCUT2D eigenvalue weighted by Gasteiger charge is -2.19. The fraction of sp³-hybridized carbons (Fsp3) is 0.312. The van der Waals surface area contributed by atoms with Gasteiger partial charge in [0.05, 0.1) is 7.11 Å². The number of rotatable bonds is 6. The second kappa shape index (κ2) is 7.43. The summed E-state index contributed by atoms with van der Waals surface area (Å²) in [6, 6.07) is 9.40. The van der Waals surface area contributed by atoms with Crippen LogP contribution in [0.1, 0.15) is 30.5 Å². The van der Waals surface area contributed by atoms with Crippen LogP contribution < -0.4 is 10.1 Å². The third kappa shape index (κ3) is 3.95. The molecule has 0 bridgehead atoms. The highest BCUT2D eigenvalue weighted by Gasteiger charge is 2.14. The molecule has 4 nitrogen and oxygen atoms in total. The Labute approximate surface area is 133 Å². The quantitative estimate of drug-likeness (QED) is 0.831. The highest BCUT2D eigenvalue weighted by atomic mass is 79.9. The van der Waals surface area contributed by atoms with Gasteiger partial charge in [0.2, 0.25) is 5.88 Å². The number of halogens is 1. The second-order valence-corrected chi connectivity index (χ2v) is 5.63. The highest BCUT2D eigenvalue weighted by molar-refractivity contribution is 9.10. The summed E-state index contributed by atoms with van der Waals surface area (Å²) in [6.07, 6.45) is 2.58. The topological polar surface area (TPSA) is 54.4 Å². The summed E-state index contributed by atoms with van der Waals surface area (Å²) in [5, 5.41) is 13.5. The lowest BCUT2D eigenvalue weighted by molar-refractivity contribution is 0.387. The summed E-state index contributed by atoms with van der Waals surface area (Å²) in [4.78, 5) is 4.19. The van der Waals surface area contributed by atoms with Crippen LogP contribution in [0.3, 0.4) is 0 Å². The van der Waals surface area contributed by atoms with E-state index in [1.807, 2.05) is 24.3 Å². The van der Waals surface area contributed by atoms with Crippen LogP contribution in [0.5, 0.6) is 11.6 Å². The molecule has 0 aliphatic heterocycles. The Morgan fingerprint density at radius 2 is 2.19 bits per heavy atom. The molecule has 1 aromatic heterocycles. The van der Waals surface area contributed by atoms with E-state index in [4.69, 9.17) is 4.74 Å². The first-order valence-corrected chi connectivity index (χ1v) is 7.64. The first-order chi connectivity index (χ1) is 10.2. The van der Waals surface area contributed by atoms with E-state index in [9.17, 15) is 5.11 Å². The third-order valence-corrected chi connectivity index (χ3v) is 3.85. The molecule has 5 heteroatoms. The van der Waals surface area contributed by atoms with Crippen molar-refractivity contribution in [1.82, 2.24) is 10.3 Å². The van der Waals surface area contributed by atoms with Gasteiger partial charge >= 0.3 is 0 Å². The summed E-state index contributed by atoms with van der Waals surface area (Å²) < 4.78 is 6.21. The van der Waals surface area contributed by atoms with Gasteiger partial charge in [0.1, 0.15) is 5.75 Å². The second-order valence-electron chi connectivity index (χ2n) is 4.72. The number of pyridine rings is 1. The Hall–Kier alpha value is -1.59. The Balaban J connectivity index is 2.14. The minimum atomic E-state index is 0.0624. The number of hydrogen-bond donors (Lipinski definition) is 2. The number of aromatic hydroxyl groups is 1. The average Bonchev–Trinajstić information content (AvgIpc) is 2.51. The number of phenolic OH excluding ortho intramolecular Hbond substituents is 1. The molecule has 1 heterocycles. The Morgan fingerprint density at radius 1 is 1.38 bits per heavy atom. The molecule has 1 aromatic carbocycles. The van der Waals surface area contributed by atoms with Gasteiger partial charge in [-0.2, -0.15) is 0 Å². The Bertz CT molecular complexity index is 605. The van der Waals surface area contributed by atoms with E-state index in [1.54, 1.807) is 19.4 Å². The van der Waals surface area contributed by atoms with Crippen LogP contribution >= 0.6 is 15.9 Å². The van der Waals surface area contributed by atoms with Crippen molar-refractivity contribution >= 4 is 15.9 Å². The van der Waals surface area contributed by atoms with Gasteiger partial charge in [0, 0.05) is 34.4 Å². The predicted octanol–water partition coefficient (Wildman–Crippen LogP) is 3.80. The van der Waals surface area contributed by atoms with E-state index in [0.717, 1.165) is 22.0 Å². The molecule has 0 radical (unpaired) electrons. The van der Waals surface area contributed by atoms with E-state index in [-0.39, 0.29) is 6.04 Å². The fourth-order valence-electron chi connectivity index (χ4n) is 2.25. The van der Waals surface area contributed by atoms with Crippen molar-refractivity contribution in [2.45, 2.75) is 25.9 Å². The SMILES string of the molecule is CCC(NCc1cccnc1OC)c1cc(Br)ccc1O. The number of ether oxygens (including phenoxy) is 1.